The smallest absolute Gasteiger partial charge is 0.340 e. The number of benzene rings is 1. The first-order valence-electron chi connectivity index (χ1n) is 10.3. The van der Waals surface area contributed by atoms with Crippen LogP contribution in [0.3, 0.4) is 0 Å². The van der Waals surface area contributed by atoms with E-state index in [-0.39, 0.29) is 12.2 Å². The molecule has 7 heteroatoms. The Bertz CT molecular complexity index is 1390. The standard InChI is InChI=1S/C23H19N3O4/c1-29-21-11-6-17-20-13(7-26(17)22(27)14(11)8-30-23(21)28)18-10-4-9(10)5-12-15(24)2-3-16(25-20)19(12)18/h2-3,6,9-10,21H,4-5,7-8,24H2,1H3. The number of methoxy groups -OCH3 is 1. The van der Waals surface area contributed by atoms with Crippen molar-refractivity contribution in [1.82, 2.24) is 9.55 Å². The maximum Gasteiger partial charge on any atom is 0.340 e. The quantitative estimate of drug-likeness (QED) is 0.389. The van der Waals surface area contributed by atoms with Gasteiger partial charge in [-0.1, -0.05) is 0 Å². The third-order valence-corrected chi connectivity index (χ3v) is 7.28. The highest BCUT2D eigenvalue weighted by atomic mass is 16.6. The summed E-state index contributed by atoms with van der Waals surface area (Å²) in [6.45, 7) is 0.481. The number of nitrogens with zero attached hydrogens (tertiary/aromatic N) is 2. The molecule has 0 radical (unpaired) electrons. The molecule has 0 spiro atoms. The Morgan fingerprint density at radius 1 is 1.23 bits per heavy atom. The molecule has 2 N–H and O–H groups in total. The number of nitrogen functional groups attached to an aromatic ring is 1. The number of nitrogens with two attached hydrogens (primary N) is 1. The van der Waals surface area contributed by atoms with Gasteiger partial charge < -0.3 is 19.8 Å². The van der Waals surface area contributed by atoms with E-state index >= 15 is 0 Å². The van der Waals surface area contributed by atoms with Crippen molar-refractivity contribution in [2.45, 2.75) is 38.0 Å². The summed E-state index contributed by atoms with van der Waals surface area (Å²) in [4.78, 5) is 30.5. The van der Waals surface area contributed by atoms with E-state index < -0.39 is 12.1 Å². The molecule has 2 aromatic heterocycles. The topological polar surface area (TPSA) is 96.4 Å². The first-order chi connectivity index (χ1) is 14.6. The second-order valence-electron chi connectivity index (χ2n) is 8.76. The van der Waals surface area contributed by atoms with Gasteiger partial charge in [-0.05, 0) is 54.0 Å². The maximum atomic E-state index is 13.3. The highest BCUT2D eigenvalue weighted by Crippen LogP contribution is 2.58. The van der Waals surface area contributed by atoms with Crippen LogP contribution < -0.4 is 11.3 Å². The average Bonchev–Trinajstić information content (AvgIpc) is 3.43. The zero-order valence-corrected chi connectivity index (χ0v) is 16.4. The Kier molecular flexibility index (Phi) is 2.92. The fourth-order valence-corrected chi connectivity index (χ4v) is 5.77. The van der Waals surface area contributed by atoms with Crippen molar-refractivity contribution in [2.24, 2.45) is 5.92 Å². The van der Waals surface area contributed by atoms with Crippen LogP contribution in [0.25, 0.3) is 22.3 Å². The number of fused-ring (bicyclic) bond motifs is 7. The number of pyridine rings is 2. The molecule has 30 heavy (non-hydrogen) atoms. The number of rotatable bonds is 1. The van der Waals surface area contributed by atoms with Gasteiger partial charge in [-0.15, -0.1) is 0 Å². The predicted octanol–water partition coefficient (Wildman–Crippen LogP) is 2.41. The summed E-state index contributed by atoms with van der Waals surface area (Å²) in [5, 5.41) is 1.19. The van der Waals surface area contributed by atoms with Gasteiger partial charge in [0, 0.05) is 29.3 Å². The van der Waals surface area contributed by atoms with Gasteiger partial charge in [0.1, 0.15) is 6.61 Å². The number of esters is 1. The molecule has 2 aliphatic carbocycles. The van der Waals surface area contributed by atoms with Crippen LogP contribution in [-0.2, 0) is 33.8 Å². The number of cyclic esters (lactones) is 1. The van der Waals surface area contributed by atoms with Gasteiger partial charge in [0.05, 0.1) is 29.0 Å². The second kappa shape index (κ2) is 5.29. The summed E-state index contributed by atoms with van der Waals surface area (Å²) in [5.41, 5.74) is 14.3. The van der Waals surface area contributed by atoms with Crippen LogP contribution in [0.4, 0.5) is 5.69 Å². The molecule has 1 fully saturated rings. The molecule has 0 bridgehead atoms. The highest BCUT2D eigenvalue weighted by molar-refractivity contribution is 5.95. The third kappa shape index (κ3) is 1.87. The van der Waals surface area contributed by atoms with Crippen molar-refractivity contribution in [2.75, 3.05) is 12.8 Å². The lowest BCUT2D eigenvalue weighted by molar-refractivity contribution is -0.159. The number of aromatic nitrogens is 2. The Balaban J connectivity index is 1.54. The second-order valence-corrected chi connectivity index (χ2v) is 8.76. The summed E-state index contributed by atoms with van der Waals surface area (Å²) in [7, 11) is 1.45. The molecule has 1 aromatic carbocycles. The van der Waals surface area contributed by atoms with Gasteiger partial charge in [0.25, 0.3) is 5.56 Å². The summed E-state index contributed by atoms with van der Waals surface area (Å²) >= 11 is 0. The maximum absolute atomic E-state index is 13.3. The fourth-order valence-electron chi connectivity index (χ4n) is 5.77. The summed E-state index contributed by atoms with van der Waals surface area (Å²) in [6, 6.07) is 5.82. The SMILES string of the molecule is COC1C(=O)OCc2c1cc1n(c2=O)Cc2c-1nc1ccc(N)c3c1c2C1CC1C3. The molecule has 3 aromatic rings. The molecule has 1 saturated carbocycles. The number of hydrogen-bond donors (Lipinski definition) is 1. The average molecular weight is 401 g/mol. The first-order valence-corrected chi connectivity index (χ1v) is 10.3. The largest absolute Gasteiger partial charge is 0.458 e. The molecule has 3 atom stereocenters. The van der Waals surface area contributed by atoms with Gasteiger partial charge in [-0.3, -0.25) is 4.79 Å². The van der Waals surface area contributed by atoms with Gasteiger partial charge in [0.15, 0.2) is 6.10 Å². The van der Waals surface area contributed by atoms with Crippen LogP contribution in [0.2, 0.25) is 0 Å². The minimum Gasteiger partial charge on any atom is -0.458 e. The number of anilines is 1. The van der Waals surface area contributed by atoms with Crippen molar-refractivity contribution in [3.8, 4) is 11.4 Å². The Morgan fingerprint density at radius 2 is 2.10 bits per heavy atom. The van der Waals surface area contributed by atoms with Crippen LogP contribution in [0.1, 0.15) is 46.3 Å². The van der Waals surface area contributed by atoms with Crippen LogP contribution in [0, 0.1) is 5.92 Å². The van der Waals surface area contributed by atoms with Crippen LogP contribution in [0.5, 0.6) is 0 Å². The summed E-state index contributed by atoms with van der Waals surface area (Å²) in [6.07, 6.45) is 1.29. The van der Waals surface area contributed by atoms with Crippen LogP contribution in [0.15, 0.2) is 23.0 Å². The van der Waals surface area contributed by atoms with Gasteiger partial charge in [-0.2, -0.15) is 0 Å². The first kappa shape index (κ1) is 16.6. The number of ether oxygens (including phenoxy) is 2. The lowest BCUT2D eigenvalue weighted by atomic mass is 9.86. The van der Waals surface area contributed by atoms with E-state index in [1.165, 1.54) is 23.6 Å². The van der Waals surface area contributed by atoms with Crippen molar-refractivity contribution in [3.05, 3.63) is 56.4 Å². The fraction of sp³-hybridized carbons (Fsp3) is 0.348. The normalized spacial score (nSPS) is 24.7. The van der Waals surface area contributed by atoms with Gasteiger partial charge in [-0.25, -0.2) is 9.78 Å². The number of hydrogen-bond acceptors (Lipinski definition) is 6. The van der Waals surface area contributed by atoms with Crippen molar-refractivity contribution < 1.29 is 14.3 Å². The molecule has 4 heterocycles. The zero-order chi connectivity index (χ0) is 20.3. The number of carbonyl (C=O) groups is 1. The van der Waals surface area contributed by atoms with E-state index in [0.29, 0.717) is 29.5 Å². The van der Waals surface area contributed by atoms with E-state index in [1.54, 1.807) is 4.57 Å². The molecule has 150 valence electrons. The third-order valence-electron chi connectivity index (χ3n) is 7.28. The Hall–Kier alpha value is -3.19. The lowest BCUT2D eigenvalue weighted by Crippen LogP contribution is -2.33. The van der Waals surface area contributed by atoms with E-state index in [9.17, 15) is 9.59 Å². The molecule has 3 unspecified atom stereocenters. The monoisotopic (exact) mass is 401 g/mol. The number of carbonyl (C=O) groups excluding carboxylic acids is 1. The van der Waals surface area contributed by atoms with E-state index in [2.05, 4.69) is 0 Å². The van der Waals surface area contributed by atoms with E-state index in [1.807, 2.05) is 18.2 Å². The van der Waals surface area contributed by atoms with Crippen molar-refractivity contribution in [3.63, 3.8) is 0 Å². The van der Waals surface area contributed by atoms with Crippen LogP contribution >= 0.6 is 0 Å². The molecular formula is C23H19N3O4. The Morgan fingerprint density at radius 3 is 2.93 bits per heavy atom. The molecule has 0 amide bonds. The molecule has 7 rings (SSSR count). The van der Waals surface area contributed by atoms with E-state index in [0.717, 1.165) is 41.0 Å². The van der Waals surface area contributed by atoms with Crippen molar-refractivity contribution >= 4 is 22.6 Å². The lowest BCUT2D eigenvalue weighted by Gasteiger charge is -2.24. The molecule has 2 aliphatic heterocycles. The molecule has 4 aliphatic rings. The van der Waals surface area contributed by atoms with Gasteiger partial charge in [0.2, 0.25) is 0 Å². The minimum absolute atomic E-state index is 0.0167. The van der Waals surface area contributed by atoms with Gasteiger partial charge >= 0.3 is 5.97 Å². The highest BCUT2D eigenvalue weighted by Gasteiger charge is 2.46. The Labute approximate surface area is 171 Å². The van der Waals surface area contributed by atoms with Crippen LogP contribution in [-0.4, -0.2) is 22.6 Å². The predicted molar refractivity (Wildman–Crippen MR) is 109 cm³/mol. The summed E-state index contributed by atoms with van der Waals surface area (Å²) in [5.74, 6) is 0.694. The molecule has 7 nitrogen and oxygen atoms in total. The zero-order valence-electron chi connectivity index (χ0n) is 16.4. The van der Waals surface area contributed by atoms with Crippen molar-refractivity contribution in [1.29, 1.82) is 0 Å². The summed E-state index contributed by atoms with van der Waals surface area (Å²) < 4.78 is 12.3. The molecule has 0 saturated heterocycles. The van der Waals surface area contributed by atoms with E-state index in [4.69, 9.17) is 20.2 Å². The minimum atomic E-state index is -0.880. The molecular weight excluding hydrogens is 382 g/mol.